The van der Waals surface area contributed by atoms with E-state index < -0.39 is 4.92 Å². The Bertz CT molecular complexity index is 546. The second-order valence-corrected chi connectivity index (χ2v) is 3.54. The first kappa shape index (κ1) is 11.1. The van der Waals surface area contributed by atoms with Gasteiger partial charge in [-0.05, 0) is 11.0 Å². The van der Waals surface area contributed by atoms with Crippen molar-refractivity contribution in [3.8, 4) is 0 Å². The maximum absolute atomic E-state index is 11.8. The van der Waals surface area contributed by atoms with Crippen molar-refractivity contribution >= 4 is 11.6 Å². The molecule has 2 aromatic rings. The van der Waals surface area contributed by atoms with E-state index in [1.165, 1.54) is 16.8 Å². The van der Waals surface area contributed by atoms with E-state index in [2.05, 4.69) is 0 Å². The lowest BCUT2D eigenvalue weighted by molar-refractivity contribution is -0.391. The molecule has 0 aliphatic carbocycles. The van der Waals surface area contributed by atoms with Crippen LogP contribution in [0, 0.1) is 10.1 Å². The molecule has 0 radical (unpaired) electrons. The fourth-order valence-electron chi connectivity index (χ4n) is 1.57. The number of benzene rings is 1. The van der Waals surface area contributed by atoms with Crippen LogP contribution in [0.3, 0.4) is 0 Å². The number of hydrogen-bond acceptors (Lipinski definition) is 3. The van der Waals surface area contributed by atoms with E-state index in [-0.39, 0.29) is 18.1 Å². The third-order valence-electron chi connectivity index (χ3n) is 2.40. The van der Waals surface area contributed by atoms with Gasteiger partial charge >= 0.3 is 5.82 Å². The molecule has 0 amide bonds. The van der Waals surface area contributed by atoms with E-state index in [0.717, 1.165) is 0 Å². The van der Waals surface area contributed by atoms with Crippen LogP contribution in [-0.2, 0) is 6.54 Å². The number of hydrogen-bond donors (Lipinski definition) is 0. The minimum absolute atomic E-state index is 0.0205. The molecule has 0 fully saturated rings. The van der Waals surface area contributed by atoms with Gasteiger partial charge in [0, 0.05) is 11.6 Å². The third-order valence-corrected chi connectivity index (χ3v) is 2.40. The molecule has 1 aromatic heterocycles. The Labute approximate surface area is 97.5 Å². The molecule has 0 bridgehead atoms. The summed E-state index contributed by atoms with van der Waals surface area (Å²) in [6.07, 6.45) is 1.53. The predicted octanol–water partition coefficient (Wildman–Crippen LogP) is 2.28. The minimum atomic E-state index is -0.502. The van der Waals surface area contributed by atoms with Gasteiger partial charge in [0.15, 0.2) is 6.54 Å². The first-order chi connectivity index (χ1) is 8.18. The molecule has 5 nitrogen and oxygen atoms in total. The molecule has 1 heterocycles. The maximum atomic E-state index is 11.8. The number of carbonyl (C=O) groups excluding carboxylic acids is 1. The van der Waals surface area contributed by atoms with Crippen LogP contribution in [0.15, 0.2) is 48.7 Å². The number of nitrogens with zero attached hydrogens (tertiary/aromatic N) is 2. The van der Waals surface area contributed by atoms with Crippen LogP contribution in [-0.4, -0.2) is 15.3 Å². The number of rotatable bonds is 4. The molecular formula is C12H10N2O3. The van der Waals surface area contributed by atoms with Crippen molar-refractivity contribution in [2.75, 3.05) is 0 Å². The Kier molecular flexibility index (Phi) is 3.00. The maximum Gasteiger partial charge on any atom is 0.323 e. The van der Waals surface area contributed by atoms with Crippen LogP contribution >= 0.6 is 0 Å². The van der Waals surface area contributed by atoms with Gasteiger partial charge in [-0.1, -0.05) is 30.3 Å². The topological polar surface area (TPSA) is 65.1 Å². The van der Waals surface area contributed by atoms with Gasteiger partial charge in [0.2, 0.25) is 5.78 Å². The van der Waals surface area contributed by atoms with Gasteiger partial charge in [-0.15, -0.1) is 0 Å². The number of nitro groups is 1. The minimum Gasteiger partial charge on any atom is -0.358 e. The molecule has 2 rings (SSSR count). The molecule has 0 aliphatic rings. The van der Waals surface area contributed by atoms with E-state index in [9.17, 15) is 14.9 Å². The molecule has 0 N–H and O–H groups in total. The van der Waals surface area contributed by atoms with E-state index in [0.29, 0.717) is 5.56 Å². The number of Topliss-reactive ketones (excluding diaryl/α,β-unsaturated/α-hetero) is 1. The summed E-state index contributed by atoms with van der Waals surface area (Å²) in [4.78, 5) is 22.0. The summed E-state index contributed by atoms with van der Waals surface area (Å²) >= 11 is 0. The van der Waals surface area contributed by atoms with Gasteiger partial charge < -0.3 is 10.1 Å². The van der Waals surface area contributed by atoms with Crippen LogP contribution < -0.4 is 0 Å². The van der Waals surface area contributed by atoms with Crippen molar-refractivity contribution in [1.82, 2.24) is 4.57 Å². The Morgan fingerprint density at radius 2 is 1.88 bits per heavy atom. The predicted molar refractivity (Wildman–Crippen MR) is 61.9 cm³/mol. The second-order valence-electron chi connectivity index (χ2n) is 3.54. The average Bonchev–Trinajstić information content (AvgIpc) is 2.78. The van der Waals surface area contributed by atoms with E-state index in [4.69, 9.17) is 0 Å². The van der Waals surface area contributed by atoms with Crippen molar-refractivity contribution in [2.24, 2.45) is 0 Å². The molecule has 17 heavy (non-hydrogen) atoms. The Morgan fingerprint density at radius 1 is 1.18 bits per heavy atom. The lowest BCUT2D eigenvalue weighted by atomic mass is 10.1. The fraction of sp³-hybridized carbons (Fsp3) is 0.0833. The summed E-state index contributed by atoms with van der Waals surface area (Å²) in [6, 6.07) is 11.6. The molecule has 0 spiro atoms. The first-order valence-electron chi connectivity index (χ1n) is 5.06. The normalized spacial score (nSPS) is 10.1. The molecule has 0 aliphatic heterocycles. The molecule has 1 aromatic carbocycles. The van der Waals surface area contributed by atoms with Gasteiger partial charge in [0.25, 0.3) is 0 Å². The van der Waals surface area contributed by atoms with Gasteiger partial charge in [-0.25, -0.2) is 4.57 Å². The van der Waals surface area contributed by atoms with Crippen LogP contribution in [0.1, 0.15) is 10.4 Å². The van der Waals surface area contributed by atoms with Crippen LogP contribution in [0.4, 0.5) is 5.82 Å². The summed E-state index contributed by atoms with van der Waals surface area (Å²) in [6.45, 7) is -0.0205. The number of carbonyl (C=O) groups is 1. The van der Waals surface area contributed by atoms with E-state index in [1.54, 1.807) is 30.3 Å². The smallest absolute Gasteiger partial charge is 0.323 e. The van der Waals surface area contributed by atoms with Crippen molar-refractivity contribution < 1.29 is 9.72 Å². The van der Waals surface area contributed by atoms with Crippen molar-refractivity contribution in [2.45, 2.75) is 6.54 Å². The third kappa shape index (κ3) is 2.39. The Morgan fingerprint density at radius 3 is 2.53 bits per heavy atom. The zero-order chi connectivity index (χ0) is 12.3. The molecule has 86 valence electrons. The summed E-state index contributed by atoms with van der Waals surface area (Å²) in [7, 11) is 0. The highest BCUT2D eigenvalue weighted by molar-refractivity contribution is 5.95. The van der Waals surface area contributed by atoms with Crippen LogP contribution in [0.25, 0.3) is 0 Å². The monoisotopic (exact) mass is 230 g/mol. The highest BCUT2D eigenvalue weighted by atomic mass is 16.6. The second kappa shape index (κ2) is 4.61. The van der Waals surface area contributed by atoms with Gasteiger partial charge in [0.05, 0.1) is 6.20 Å². The molecule has 0 saturated carbocycles. The van der Waals surface area contributed by atoms with Crippen molar-refractivity contribution in [1.29, 1.82) is 0 Å². The highest BCUT2D eigenvalue weighted by Crippen LogP contribution is 2.13. The van der Waals surface area contributed by atoms with E-state index >= 15 is 0 Å². The molecule has 0 saturated heterocycles. The summed E-state index contributed by atoms with van der Waals surface area (Å²) in [5.74, 6) is -0.223. The summed E-state index contributed by atoms with van der Waals surface area (Å²) in [5.41, 5.74) is 0.551. The van der Waals surface area contributed by atoms with Gasteiger partial charge in [0.1, 0.15) is 0 Å². The lowest BCUT2D eigenvalue weighted by Gasteiger charge is -2.01. The fourth-order valence-corrected chi connectivity index (χ4v) is 1.57. The Hall–Kier alpha value is -2.43. The average molecular weight is 230 g/mol. The first-order valence-corrected chi connectivity index (χ1v) is 5.06. The standard InChI is InChI=1S/C12H10N2O3/c15-11(10-5-2-1-3-6-10)9-13-8-4-7-12(13)14(16)17/h1-8H,9H2. The van der Waals surface area contributed by atoms with Crippen molar-refractivity contribution in [3.05, 3.63) is 64.3 Å². The SMILES string of the molecule is O=C(Cn1cccc1[N+](=O)[O-])c1ccccc1. The highest BCUT2D eigenvalue weighted by Gasteiger charge is 2.15. The van der Waals surface area contributed by atoms with Crippen LogP contribution in [0.2, 0.25) is 0 Å². The summed E-state index contributed by atoms with van der Waals surface area (Å²) in [5, 5.41) is 10.7. The van der Waals surface area contributed by atoms with Gasteiger partial charge in [-0.2, -0.15) is 0 Å². The Balaban J connectivity index is 2.19. The lowest BCUT2D eigenvalue weighted by Crippen LogP contribution is -2.11. The van der Waals surface area contributed by atoms with Gasteiger partial charge in [-0.3, -0.25) is 4.79 Å². The molecule has 0 atom stereocenters. The van der Waals surface area contributed by atoms with Crippen molar-refractivity contribution in [3.63, 3.8) is 0 Å². The zero-order valence-corrected chi connectivity index (χ0v) is 8.95. The molecular weight excluding hydrogens is 220 g/mol. The quantitative estimate of drug-likeness (QED) is 0.459. The van der Waals surface area contributed by atoms with Crippen LogP contribution in [0.5, 0.6) is 0 Å². The molecule has 5 heteroatoms. The molecule has 0 unspecified atom stereocenters. The zero-order valence-electron chi connectivity index (χ0n) is 8.95. The van der Waals surface area contributed by atoms with E-state index in [1.807, 2.05) is 6.07 Å². The number of aromatic nitrogens is 1. The summed E-state index contributed by atoms with van der Waals surface area (Å²) < 4.78 is 1.33. The number of ketones is 1. The largest absolute Gasteiger partial charge is 0.358 e.